The van der Waals surface area contributed by atoms with Gasteiger partial charge in [0.2, 0.25) is 0 Å². The lowest BCUT2D eigenvalue weighted by atomic mass is 9.45. The molecule has 0 aromatic rings. The number of hydrogen-bond acceptors (Lipinski definition) is 3. The van der Waals surface area contributed by atoms with Gasteiger partial charge in [0, 0.05) is 13.2 Å². The van der Waals surface area contributed by atoms with Crippen LogP contribution in [0.25, 0.3) is 0 Å². The molecule has 5 atom stereocenters. The summed E-state index contributed by atoms with van der Waals surface area (Å²) in [5.41, 5.74) is 0.634. The van der Waals surface area contributed by atoms with Crippen molar-refractivity contribution in [1.29, 1.82) is 0 Å². The molecule has 0 radical (unpaired) electrons. The first kappa shape index (κ1) is 21.3. The van der Waals surface area contributed by atoms with E-state index in [1.165, 1.54) is 38.5 Å². The Kier molecular flexibility index (Phi) is 6.75. The second-order valence-corrected chi connectivity index (χ2v) is 10.4. The van der Waals surface area contributed by atoms with Crippen molar-refractivity contribution in [2.45, 2.75) is 97.4 Å². The molecule has 1 saturated heterocycles. The maximum Gasteiger partial charge on any atom is 0.158 e. The molecule has 3 heteroatoms. The first-order valence-electron chi connectivity index (χ1n) is 11.3. The zero-order valence-corrected chi connectivity index (χ0v) is 18.2. The molecule has 0 N–H and O–H groups in total. The molecule has 1 heterocycles. The highest BCUT2D eigenvalue weighted by atomic mass is 16.7. The maximum absolute atomic E-state index is 6.77. The van der Waals surface area contributed by atoms with Crippen molar-refractivity contribution < 1.29 is 14.2 Å². The van der Waals surface area contributed by atoms with Crippen molar-refractivity contribution in [3.05, 3.63) is 12.7 Å². The van der Waals surface area contributed by atoms with Crippen LogP contribution >= 0.6 is 0 Å². The summed E-state index contributed by atoms with van der Waals surface area (Å²) in [6.07, 6.45) is 12.8. The third kappa shape index (κ3) is 4.46. The van der Waals surface area contributed by atoms with Crippen LogP contribution in [0.15, 0.2) is 12.7 Å². The molecule has 0 aromatic carbocycles. The Bertz CT molecular complexity index is 496. The quantitative estimate of drug-likeness (QED) is 0.303. The third-order valence-electron chi connectivity index (χ3n) is 8.06. The second-order valence-electron chi connectivity index (χ2n) is 10.4. The highest BCUT2D eigenvalue weighted by Crippen LogP contribution is 2.63. The van der Waals surface area contributed by atoms with Crippen molar-refractivity contribution in [2.75, 3.05) is 19.8 Å². The topological polar surface area (TPSA) is 27.7 Å². The molecule has 3 nitrogen and oxygen atoms in total. The van der Waals surface area contributed by atoms with Gasteiger partial charge >= 0.3 is 0 Å². The van der Waals surface area contributed by atoms with Crippen LogP contribution in [0, 0.1) is 22.7 Å². The van der Waals surface area contributed by atoms with Crippen LogP contribution in [0.4, 0.5) is 0 Å². The van der Waals surface area contributed by atoms with E-state index in [2.05, 4.69) is 34.3 Å². The molecular weight excluding hydrogens is 336 g/mol. The Labute approximate surface area is 167 Å². The summed E-state index contributed by atoms with van der Waals surface area (Å²) in [6.45, 7) is 16.0. The normalized spacial score (nSPS) is 41.7. The molecule has 3 aliphatic rings. The predicted molar refractivity (Wildman–Crippen MR) is 111 cm³/mol. The van der Waals surface area contributed by atoms with Crippen molar-refractivity contribution in [2.24, 2.45) is 22.7 Å². The van der Waals surface area contributed by atoms with Gasteiger partial charge in [0.1, 0.15) is 0 Å². The summed E-state index contributed by atoms with van der Waals surface area (Å²) in [4.78, 5) is 0. The Morgan fingerprint density at radius 1 is 1.04 bits per heavy atom. The van der Waals surface area contributed by atoms with Gasteiger partial charge in [-0.2, -0.15) is 0 Å². The first-order valence-corrected chi connectivity index (χ1v) is 11.3. The average molecular weight is 379 g/mol. The number of ether oxygens (including phenoxy) is 3. The van der Waals surface area contributed by atoms with Crippen molar-refractivity contribution >= 4 is 0 Å². The molecule has 2 unspecified atom stereocenters. The van der Waals surface area contributed by atoms with Gasteiger partial charge in [-0.05, 0) is 81.0 Å². The van der Waals surface area contributed by atoms with Gasteiger partial charge < -0.3 is 14.2 Å². The fourth-order valence-corrected chi connectivity index (χ4v) is 6.85. The van der Waals surface area contributed by atoms with E-state index in [1.807, 2.05) is 6.08 Å². The van der Waals surface area contributed by atoms with Crippen molar-refractivity contribution in [1.82, 2.24) is 0 Å². The van der Waals surface area contributed by atoms with Crippen molar-refractivity contribution in [3.8, 4) is 0 Å². The monoisotopic (exact) mass is 378 g/mol. The minimum atomic E-state index is -0.113. The zero-order chi connectivity index (χ0) is 19.5. The van der Waals surface area contributed by atoms with E-state index in [0.717, 1.165) is 38.4 Å². The van der Waals surface area contributed by atoms with Gasteiger partial charge in [-0.15, -0.1) is 6.58 Å². The molecule has 0 spiro atoms. The lowest BCUT2D eigenvalue weighted by molar-refractivity contribution is -0.274. The van der Waals surface area contributed by atoms with E-state index in [-0.39, 0.29) is 11.9 Å². The molecule has 3 fully saturated rings. The molecule has 3 rings (SSSR count). The van der Waals surface area contributed by atoms with Crippen LogP contribution in [0.2, 0.25) is 0 Å². The van der Waals surface area contributed by atoms with E-state index in [0.29, 0.717) is 23.4 Å². The van der Waals surface area contributed by atoms with Crippen LogP contribution in [0.5, 0.6) is 0 Å². The summed E-state index contributed by atoms with van der Waals surface area (Å²) in [6, 6.07) is 0. The van der Waals surface area contributed by atoms with Gasteiger partial charge in [-0.1, -0.05) is 33.3 Å². The molecule has 0 amide bonds. The molecule has 1 aliphatic heterocycles. The minimum absolute atomic E-state index is 0.0166. The average Bonchev–Trinajstić information content (AvgIpc) is 2.60. The lowest BCUT2D eigenvalue weighted by Gasteiger charge is -2.62. The van der Waals surface area contributed by atoms with Crippen LogP contribution in [-0.2, 0) is 14.2 Å². The summed E-state index contributed by atoms with van der Waals surface area (Å²) in [5, 5.41) is 0. The fourth-order valence-electron chi connectivity index (χ4n) is 6.85. The van der Waals surface area contributed by atoms with Gasteiger partial charge in [-0.3, -0.25) is 0 Å². The van der Waals surface area contributed by atoms with Gasteiger partial charge in [0.15, 0.2) is 6.29 Å². The Hall–Kier alpha value is -0.380. The van der Waals surface area contributed by atoms with Gasteiger partial charge in [0.25, 0.3) is 0 Å². The second kappa shape index (κ2) is 8.55. The van der Waals surface area contributed by atoms with E-state index >= 15 is 0 Å². The largest absolute Gasteiger partial charge is 0.377 e. The highest BCUT2D eigenvalue weighted by molar-refractivity contribution is 5.08. The number of hydrogen-bond donors (Lipinski definition) is 0. The maximum atomic E-state index is 6.77. The summed E-state index contributed by atoms with van der Waals surface area (Å²) in [7, 11) is 0. The number of rotatable bonds is 7. The van der Waals surface area contributed by atoms with E-state index in [9.17, 15) is 0 Å². The summed E-state index contributed by atoms with van der Waals surface area (Å²) >= 11 is 0. The molecule has 27 heavy (non-hydrogen) atoms. The molecule has 0 bridgehead atoms. The predicted octanol–water partition coefficient (Wildman–Crippen LogP) is 6.12. The lowest BCUT2D eigenvalue weighted by Crippen LogP contribution is -2.59. The SMILES string of the molecule is C=CCOCC[C@H]1[C@](C)(OC2CCCCO2)CCC2C(C)(C)CCC[C@@]21C. The summed E-state index contributed by atoms with van der Waals surface area (Å²) in [5.74, 6) is 1.28. The molecular formula is C24H42O3. The Morgan fingerprint density at radius 2 is 1.85 bits per heavy atom. The fraction of sp³-hybridized carbons (Fsp3) is 0.917. The van der Waals surface area contributed by atoms with Gasteiger partial charge in [0.05, 0.1) is 12.2 Å². The molecule has 2 saturated carbocycles. The summed E-state index contributed by atoms with van der Waals surface area (Å²) < 4.78 is 18.6. The molecule has 156 valence electrons. The first-order chi connectivity index (χ1) is 12.8. The van der Waals surface area contributed by atoms with Crippen LogP contribution < -0.4 is 0 Å². The number of fused-ring (bicyclic) bond motifs is 1. The smallest absolute Gasteiger partial charge is 0.158 e. The van der Waals surface area contributed by atoms with Crippen molar-refractivity contribution in [3.63, 3.8) is 0 Å². The molecule has 0 aromatic heterocycles. The Morgan fingerprint density at radius 3 is 2.56 bits per heavy atom. The van der Waals surface area contributed by atoms with Crippen LogP contribution in [0.3, 0.4) is 0 Å². The van der Waals surface area contributed by atoms with E-state index < -0.39 is 0 Å². The highest BCUT2D eigenvalue weighted by Gasteiger charge is 2.59. The van der Waals surface area contributed by atoms with Crippen LogP contribution in [0.1, 0.15) is 85.5 Å². The van der Waals surface area contributed by atoms with Crippen LogP contribution in [-0.4, -0.2) is 31.7 Å². The third-order valence-corrected chi connectivity index (χ3v) is 8.06. The molecule has 2 aliphatic carbocycles. The Balaban J connectivity index is 1.81. The van der Waals surface area contributed by atoms with Gasteiger partial charge in [-0.25, -0.2) is 0 Å². The minimum Gasteiger partial charge on any atom is -0.377 e. The van der Waals surface area contributed by atoms with E-state index in [1.54, 1.807) is 0 Å². The standard InChI is InChI=1S/C24H42O3/c1-6-16-25-18-12-20-23(4)14-9-13-22(2,3)19(23)11-15-24(20,5)27-21-10-7-8-17-26-21/h6,19-21H,1,7-18H2,2-5H3/t19?,20-,21?,23+,24-/m1/s1. The zero-order valence-electron chi connectivity index (χ0n) is 18.2. The van der Waals surface area contributed by atoms with E-state index in [4.69, 9.17) is 14.2 Å².